The summed E-state index contributed by atoms with van der Waals surface area (Å²) in [6.45, 7) is 4.99. The van der Waals surface area contributed by atoms with Gasteiger partial charge in [-0.25, -0.2) is 9.97 Å². The minimum absolute atomic E-state index is 0.279. The Morgan fingerprint density at radius 3 is 2.81 bits per heavy atom. The average molecular weight is 450 g/mol. The standard InChI is InChI=1S/C23H24ClN7O/c24-18-3-1-2-16-15-31(11-6-17(16)18)23-27-8-4-19(29-23)22(32)28-20-14-26-7-5-21(20)30-12-9-25-10-13-30/h1-5,7-8,14,25H,6,9-13,15H2,(H,28,32). The minimum atomic E-state index is -0.279. The molecule has 0 unspecified atom stereocenters. The predicted octanol–water partition coefficient (Wildman–Crippen LogP) is 2.75. The third-order valence-corrected chi connectivity index (χ3v) is 6.23. The van der Waals surface area contributed by atoms with Crippen molar-refractivity contribution in [1.82, 2.24) is 20.3 Å². The van der Waals surface area contributed by atoms with E-state index in [4.69, 9.17) is 11.6 Å². The molecule has 1 fully saturated rings. The van der Waals surface area contributed by atoms with Crippen LogP contribution >= 0.6 is 11.6 Å². The second-order valence-corrected chi connectivity index (χ2v) is 8.28. The Labute approximate surface area is 191 Å². The highest BCUT2D eigenvalue weighted by Crippen LogP contribution is 2.28. The zero-order valence-corrected chi connectivity index (χ0v) is 18.3. The fourth-order valence-corrected chi connectivity index (χ4v) is 4.50. The molecule has 0 atom stereocenters. The number of carbonyl (C=O) groups excluding carboxylic acids is 1. The molecule has 0 saturated carbocycles. The first-order valence-corrected chi connectivity index (χ1v) is 11.1. The Morgan fingerprint density at radius 1 is 1.06 bits per heavy atom. The number of fused-ring (bicyclic) bond motifs is 1. The third-order valence-electron chi connectivity index (χ3n) is 5.87. The number of halogens is 1. The number of carbonyl (C=O) groups is 1. The second-order valence-electron chi connectivity index (χ2n) is 7.87. The molecule has 2 aliphatic rings. The van der Waals surface area contributed by atoms with E-state index in [1.54, 1.807) is 24.7 Å². The molecule has 1 saturated heterocycles. The van der Waals surface area contributed by atoms with Crippen LogP contribution < -0.4 is 20.4 Å². The van der Waals surface area contributed by atoms with Crippen molar-refractivity contribution >= 4 is 34.8 Å². The Kier molecular flexibility index (Phi) is 5.87. The fourth-order valence-electron chi connectivity index (χ4n) is 4.21. The number of piperazine rings is 1. The van der Waals surface area contributed by atoms with Crippen molar-refractivity contribution in [3.63, 3.8) is 0 Å². The molecule has 2 aromatic heterocycles. The molecular weight excluding hydrogens is 426 g/mol. The smallest absolute Gasteiger partial charge is 0.274 e. The van der Waals surface area contributed by atoms with Gasteiger partial charge in [-0.1, -0.05) is 23.7 Å². The van der Waals surface area contributed by atoms with Crippen LogP contribution in [0.15, 0.2) is 48.9 Å². The lowest BCUT2D eigenvalue weighted by Gasteiger charge is -2.31. The van der Waals surface area contributed by atoms with E-state index >= 15 is 0 Å². The van der Waals surface area contributed by atoms with E-state index in [2.05, 4.69) is 41.5 Å². The van der Waals surface area contributed by atoms with Crippen LogP contribution in [0.25, 0.3) is 0 Å². The van der Waals surface area contributed by atoms with Crippen molar-refractivity contribution < 1.29 is 4.79 Å². The van der Waals surface area contributed by atoms with Crippen LogP contribution in [0.1, 0.15) is 21.6 Å². The van der Waals surface area contributed by atoms with E-state index in [0.29, 0.717) is 23.9 Å². The molecule has 8 nitrogen and oxygen atoms in total. The Morgan fingerprint density at radius 2 is 1.94 bits per heavy atom. The molecule has 4 heterocycles. The summed E-state index contributed by atoms with van der Waals surface area (Å²) < 4.78 is 0. The number of aromatic nitrogens is 3. The molecule has 0 radical (unpaired) electrons. The van der Waals surface area contributed by atoms with Gasteiger partial charge in [-0.05, 0) is 35.7 Å². The molecular formula is C23H24ClN7O. The van der Waals surface area contributed by atoms with Crippen molar-refractivity contribution in [2.75, 3.05) is 47.8 Å². The highest BCUT2D eigenvalue weighted by molar-refractivity contribution is 6.31. The molecule has 0 bridgehead atoms. The van der Waals surface area contributed by atoms with Crippen LogP contribution in [0.2, 0.25) is 5.02 Å². The van der Waals surface area contributed by atoms with Gasteiger partial charge in [-0.15, -0.1) is 0 Å². The summed E-state index contributed by atoms with van der Waals surface area (Å²) in [6.07, 6.45) is 5.88. The average Bonchev–Trinajstić information content (AvgIpc) is 2.85. The number of amides is 1. The van der Waals surface area contributed by atoms with Gasteiger partial charge in [0.25, 0.3) is 5.91 Å². The Bertz CT molecular complexity index is 1130. The Hall–Kier alpha value is -3.23. The van der Waals surface area contributed by atoms with Gasteiger partial charge < -0.3 is 20.4 Å². The number of hydrogen-bond acceptors (Lipinski definition) is 7. The summed E-state index contributed by atoms with van der Waals surface area (Å²) in [4.78, 5) is 30.5. The van der Waals surface area contributed by atoms with Gasteiger partial charge in [0.05, 0.1) is 17.6 Å². The number of benzene rings is 1. The third kappa shape index (κ3) is 4.24. The van der Waals surface area contributed by atoms with Gasteiger partial charge >= 0.3 is 0 Å². The van der Waals surface area contributed by atoms with E-state index in [-0.39, 0.29) is 5.91 Å². The number of nitrogens with one attached hydrogen (secondary N) is 2. The van der Waals surface area contributed by atoms with Gasteiger partial charge in [0.15, 0.2) is 0 Å². The van der Waals surface area contributed by atoms with Crippen LogP contribution in [0.4, 0.5) is 17.3 Å². The molecule has 2 N–H and O–H groups in total. The zero-order valence-electron chi connectivity index (χ0n) is 17.6. The largest absolute Gasteiger partial charge is 0.367 e. The second kappa shape index (κ2) is 9.10. The van der Waals surface area contributed by atoms with E-state index < -0.39 is 0 Å². The number of hydrogen-bond donors (Lipinski definition) is 2. The summed E-state index contributed by atoms with van der Waals surface area (Å²) in [7, 11) is 0. The van der Waals surface area contributed by atoms with Crippen molar-refractivity contribution in [3.05, 3.63) is 70.8 Å². The first-order chi connectivity index (χ1) is 15.7. The van der Waals surface area contributed by atoms with Gasteiger partial charge in [-0.3, -0.25) is 9.78 Å². The highest BCUT2D eigenvalue weighted by Gasteiger charge is 2.22. The maximum absolute atomic E-state index is 13.0. The number of pyridine rings is 1. The quantitative estimate of drug-likeness (QED) is 0.633. The molecule has 0 aliphatic carbocycles. The first-order valence-electron chi connectivity index (χ1n) is 10.7. The maximum Gasteiger partial charge on any atom is 0.274 e. The van der Waals surface area contributed by atoms with E-state index in [0.717, 1.165) is 49.9 Å². The zero-order chi connectivity index (χ0) is 21.9. The summed E-state index contributed by atoms with van der Waals surface area (Å²) in [5.41, 5.74) is 4.31. The van der Waals surface area contributed by atoms with E-state index in [1.165, 1.54) is 11.1 Å². The van der Waals surface area contributed by atoms with Crippen LogP contribution in [0.3, 0.4) is 0 Å². The van der Waals surface area contributed by atoms with Gasteiger partial charge in [0.1, 0.15) is 5.69 Å². The molecule has 9 heteroatoms. The van der Waals surface area contributed by atoms with Crippen molar-refractivity contribution in [3.8, 4) is 0 Å². The molecule has 2 aliphatic heterocycles. The summed E-state index contributed by atoms with van der Waals surface area (Å²) in [5.74, 6) is 0.260. The normalized spacial score (nSPS) is 15.9. The van der Waals surface area contributed by atoms with Crippen molar-refractivity contribution in [2.45, 2.75) is 13.0 Å². The molecule has 0 spiro atoms. The van der Waals surface area contributed by atoms with Gasteiger partial charge in [0.2, 0.25) is 5.95 Å². The summed E-state index contributed by atoms with van der Waals surface area (Å²) in [6, 6.07) is 9.52. The monoisotopic (exact) mass is 449 g/mol. The molecule has 1 aromatic carbocycles. The SMILES string of the molecule is O=C(Nc1cnccc1N1CCNCC1)c1ccnc(N2CCc3c(Cl)cccc3C2)n1. The maximum atomic E-state index is 13.0. The predicted molar refractivity (Wildman–Crippen MR) is 126 cm³/mol. The molecule has 164 valence electrons. The topological polar surface area (TPSA) is 86.3 Å². The number of rotatable bonds is 4. The van der Waals surface area contributed by atoms with Gasteiger partial charge in [-0.2, -0.15) is 0 Å². The molecule has 32 heavy (non-hydrogen) atoms. The van der Waals surface area contributed by atoms with Crippen LogP contribution in [0.5, 0.6) is 0 Å². The van der Waals surface area contributed by atoms with Gasteiger partial charge in [0, 0.05) is 56.7 Å². The van der Waals surface area contributed by atoms with E-state index in [9.17, 15) is 4.79 Å². The fraction of sp³-hybridized carbons (Fsp3) is 0.304. The van der Waals surface area contributed by atoms with Crippen molar-refractivity contribution in [1.29, 1.82) is 0 Å². The lowest BCUT2D eigenvalue weighted by atomic mass is 10.00. The molecule has 1 amide bonds. The minimum Gasteiger partial charge on any atom is -0.367 e. The molecule has 5 rings (SSSR count). The summed E-state index contributed by atoms with van der Waals surface area (Å²) in [5, 5.41) is 7.13. The number of anilines is 3. The first kappa shape index (κ1) is 20.7. The van der Waals surface area contributed by atoms with Crippen LogP contribution in [-0.2, 0) is 13.0 Å². The Balaban J connectivity index is 1.34. The summed E-state index contributed by atoms with van der Waals surface area (Å²) >= 11 is 6.33. The van der Waals surface area contributed by atoms with Crippen molar-refractivity contribution in [2.24, 2.45) is 0 Å². The highest BCUT2D eigenvalue weighted by atomic mass is 35.5. The van der Waals surface area contributed by atoms with Crippen LogP contribution in [0, 0.1) is 0 Å². The lowest BCUT2D eigenvalue weighted by molar-refractivity contribution is 0.102. The molecule has 3 aromatic rings. The van der Waals surface area contributed by atoms with Crippen LogP contribution in [-0.4, -0.2) is 53.6 Å². The number of nitrogens with zero attached hydrogens (tertiary/aromatic N) is 5. The van der Waals surface area contributed by atoms with E-state index in [1.807, 2.05) is 18.2 Å². The lowest BCUT2D eigenvalue weighted by Crippen LogP contribution is -2.43.